The summed E-state index contributed by atoms with van der Waals surface area (Å²) in [7, 11) is 0. The monoisotopic (exact) mass is 349 g/mol. The molecular weight excluding hydrogens is 322 g/mol. The van der Waals surface area contributed by atoms with Crippen LogP contribution in [-0.4, -0.2) is 48.8 Å². The van der Waals surface area contributed by atoms with Crippen molar-refractivity contribution in [3.8, 4) is 0 Å². The van der Waals surface area contributed by atoms with E-state index in [4.69, 9.17) is 23.7 Å². The Morgan fingerprint density at radius 3 is 2.32 bits per heavy atom. The molecule has 3 heterocycles. The molecule has 0 bridgehead atoms. The standard InChI is InChI=1S/C19H27NO5/c1-18(2)21-11-13(23-18)14-15-16(25-19(3,4)24-15)17(22-14)20-10-12-8-6-5-7-9-12/h5-9,13-17,20H,10-11H2,1-4H3/t13-,14-,15+,16+,17+/m1/s1. The second-order valence-electron chi connectivity index (χ2n) is 7.82. The number of rotatable bonds is 4. The van der Waals surface area contributed by atoms with Gasteiger partial charge in [-0.1, -0.05) is 30.3 Å². The number of hydrogen-bond acceptors (Lipinski definition) is 6. The molecule has 0 unspecified atom stereocenters. The van der Waals surface area contributed by atoms with Gasteiger partial charge in [0, 0.05) is 6.54 Å². The van der Waals surface area contributed by atoms with E-state index in [0.29, 0.717) is 13.2 Å². The third-order valence-corrected chi connectivity index (χ3v) is 4.84. The molecule has 3 aliphatic heterocycles. The molecule has 5 atom stereocenters. The molecule has 0 spiro atoms. The van der Waals surface area contributed by atoms with Crippen LogP contribution in [0.2, 0.25) is 0 Å². The van der Waals surface area contributed by atoms with Crippen LogP contribution in [0.5, 0.6) is 0 Å². The normalized spacial score (nSPS) is 38.8. The van der Waals surface area contributed by atoms with E-state index >= 15 is 0 Å². The van der Waals surface area contributed by atoms with Crippen LogP contribution >= 0.6 is 0 Å². The molecular formula is C19H27NO5. The fourth-order valence-corrected chi connectivity index (χ4v) is 3.78. The average Bonchev–Trinajstić information content (AvgIpc) is 3.17. The lowest BCUT2D eigenvalue weighted by atomic mass is 10.1. The molecule has 0 aromatic heterocycles. The van der Waals surface area contributed by atoms with Crippen LogP contribution in [0.15, 0.2) is 30.3 Å². The number of nitrogens with one attached hydrogen (secondary N) is 1. The van der Waals surface area contributed by atoms with Crippen molar-refractivity contribution in [3.05, 3.63) is 35.9 Å². The average molecular weight is 349 g/mol. The summed E-state index contributed by atoms with van der Waals surface area (Å²) in [6.07, 6.45) is -0.976. The largest absolute Gasteiger partial charge is 0.352 e. The number of hydrogen-bond donors (Lipinski definition) is 1. The molecule has 6 nitrogen and oxygen atoms in total. The van der Waals surface area contributed by atoms with Gasteiger partial charge in [0.2, 0.25) is 0 Å². The van der Waals surface area contributed by atoms with E-state index < -0.39 is 11.6 Å². The molecule has 6 heteroatoms. The van der Waals surface area contributed by atoms with Crippen molar-refractivity contribution in [3.63, 3.8) is 0 Å². The molecule has 0 amide bonds. The number of ether oxygens (including phenoxy) is 5. The second kappa shape index (κ2) is 6.30. The van der Waals surface area contributed by atoms with Crippen molar-refractivity contribution >= 4 is 0 Å². The SMILES string of the molecule is CC1(C)O[C@H]2[C@@H]([C@H]3COC(C)(C)O3)O[C@H](NCc3ccccc3)[C@H]2O1. The summed E-state index contributed by atoms with van der Waals surface area (Å²) in [5, 5.41) is 3.46. The van der Waals surface area contributed by atoms with Crippen molar-refractivity contribution in [2.24, 2.45) is 0 Å². The Balaban J connectivity index is 1.47. The highest BCUT2D eigenvalue weighted by Gasteiger charge is 2.58. The van der Waals surface area contributed by atoms with E-state index in [2.05, 4.69) is 17.4 Å². The molecule has 1 aromatic carbocycles. The van der Waals surface area contributed by atoms with Crippen LogP contribution in [0.25, 0.3) is 0 Å². The molecule has 1 aromatic rings. The molecule has 3 fully saturated rings. The van der Waals surface area contributed by atoms with Gasteiger partial charge in [0.25, 0.3) is 0 Å². The topological polar surface area (TPSA) is 58.2 Å². The van der Waals surface area contributed by atoms with Crippen LogP contribution in [0.3, 0.4) is 0 Å². The number of fused-ring (bicyclic) bond motifs is 1. The third-order valence-electron chi connectivity index (χ3n) is 4.84. The fraction of sp³-hybridized carbons (Fsp3) is 0.684. The summed E-state index contributed by atoms with van der Waals surface area (Å²) in [6.45, 7) is 8.91. The zero-order valence-corrected chi connectivity index (χ0v) is 15.2. The highest BCUT2D eigenvalue weighted by molar-refractivity contribution is 5.14. The molecule has 0 radical (unpaired) electrons. The Kier molecular flexibility index (Phi) is 4.38. The van der Waals surface area contributed by atoms with Gasteiger partial charge in [-0.05, 0) is 33.3 Å². The summed E-state index contributed by atoms with van der Waals surface area (Å²) >= 11 is 0. The molecule has 25 heavy (non-hydrogen) atoms. The van der Waals surface area contributed by atoms with Gasteiger partial charge in [-0.25, -0.2) is 0 Å². The summed E-state index contributed by atoms with van der Waals surface area (Å²) in [5.41, 5.74) is 1.20. The van der Waals surface area contributed by atoms with Crippen molar-refractivity contribution < 1.29 is 23.7 Å². The lowest BCUT2D eigenvalue weighted by Gasteiger charge is -2.27. The first kappa shape index (κ1) is 17.4. The van der Waals surface area contributed by atoms with E-state index in [1.165, 1.54) is 5.56 Å². The third kappa shape index (κ3) is 3.60. The van der Waals surface area contributed by atoms with Gasteiger partial charge in [-0.3, -0.25) is 5.32 Å². The van der Waals surface area contributed by atoms with Crippen LogP contribution < -0.4 is 5.32 Å². The molecule has 138 valence electrons. The van der Waals surface area contributed by atoms with Crippen molar-refractivity contribution in [2.75, 3.05) is 6.61 Å². The molecule has 4 rings (SSSR count). The first-order chi connectivity index (χ1) is 11.8. The predicted octanol–water partition coefficient (Wildman–Crippen LogP) is 2.17. The Morgan fingerprint density at radius 2 is 1.64 bits per heavy atom. The van der Waals surface area contributed by atoms with E-state index in [9.17, 15) is 0 Å². The van der Waals surface area contributed by atoms with Crippen LogP contribution in [0.1, 0.15) is 33.3 Å². The van der Waals surface area contributed by atoms with Gasteiger partial charge >= 0.3 is 0 Å². The maximum absolute atomic E-state index is 6.25. The van der Waals surface area contributed by atoms with Crippen molar-refractivity contribution in [1.29, 1.82) is 0 Å². The molecule has 3 aliphatic rings. The lowest BCUT2D eigenvalue weighted by molar-refractivity contribution is -0.209. The highest BCUT2D eigenvalue weighted by atomic mass is 16.8. The Labute approximate surface area is 148 Å². The fourth-order valence-electron chi connectivity index (χ4n) is 3.78. The Hall–Kier alpha value is -1.02. The van der Waals surface area contributed by atoms with Gasteiger partial charge in [0.15, 0.2) is 11.6 Å². The summed E-state index contributed by atoms with van der Waals surface area (Å²) < 4.78 is 30.2. The van der Waals surface area contributed by atoms with E-state index in [0.717, 1.165) is 0 Å². The molecule has 3 saturated heterocycles. The molecule has 1 N–H and O–H groups in total. The van der Waals surface area contributed by atoms with Gasteiger partial charge in [-0.15, -0.1) is 0 Å². The zero-order valence-electron chi connectivity index (χ0n) is 15.2. The Bertz CT molecular complexity index is 605. The highest BCUT2D eigenvalue weighted by Crippen LogP contribution is 2.41. The van der Waals surface area contributed by atoms with Crippen molar-refractivity contribution in [1.82, 2.24) is 5.32 Å². The molecule has 0 aliphatic carbocycles. The van der Waals surface area contributed by atoms with Gasteiger partial charge in [0.05, 0.1) is 6.61 Å². The Morgan fingerprint density at radius 1 is 0.920 bits per heavy atom. The minimum atomic E-state index is -0.626. The van der Waals surface area contributed by atoms with Crippen molar-refractivity contribution in [2.45, 2.75) is 76.5 Å². The summed E-state index contributed by atoms with van der Waals surface area (Å²) in [4.78, 5) is 0. The minimum absolute atomic E-state index is 0.163. The van der Waals surface area contributed by atoms with Crippen LogP contribution in [0.4, 0.5) is 0 Å². The summed E-state index contributed by atoms with van der Waals surface area (Å²) in [5.74, 6) is -1.22. The lowest BCUT2D eigenvalue weighted by Crippen LogP contribution is -2.41. The van der Waals surface area contributed by atoms with E-state index in [-0.39, 0.29) is 30.6 Å². The van der Waals surface area contributed by atoms with Crippen LogP contribution in [-0.2, 0) is 30.2 Å². The van der Waals surface area contributed by atoms with Gasteiger partial charge in [-0.2, -0.15) is 0 Å². The van der Waals surface area contributed by atoms with E-state index in [1.54, 1.807) is 0 Å². The van der Waals surface area contributed by atoms with Crippen LogP contribution in [0, 0.1) is 0 Å². The van der Waals surface area contributed by atoms with E-state index in [1.807, 2.05) is 45.9 Å². The first-order valence-corrected chi connectivity index (χ1v) is 8.93. The van der Waals surface area contributed by atoms with Gasteiger partial charge in [0.1, 0.15) is 30.6 Å². The smallest absolute Gasteiger partial charge is 0.164 e. The quantitative estimate of drug-likeness (QED) is 0.899. The first-order valence-electron chi connectivity index (χ1n) is 8.93. The zero-order chi connectivity index (χ0) is 17.7. The van der Waals surface area contributed by atoms with Gasteiger partial charge < -0.3 is 23.7 Å². The number of benzene rings is 1. The second-order valence-corrected chi connectivity index (χ2v) is 7.82. The minimum Gasteiger partial charge on any atom is -0.352 e. The molecule has 0 saturated carbocycles. The summed E-state index contributed by atoms with van der Waals surface area (Å²) in [6, 6.07) is 10.2. The predicted molar refractivity (Wildman–Crippen MR) is 90.7 cm³/mol. The maximum atomic E-state index is 6.25. The maximum Gasteiger partial charge on any atom is 0.164 e.